The predicted octanol–water partition coefficient (Wildman–Crippen LogP) is 4.32. The number of aryl methyl sites for hydroxylation is 1. The van der Waals surface area contributed by atoms with Gasteiger partial charge in [0.2, 0.25) is 0 Å². The van der Waals surface area contributed by atoms with Gasteiger partial charge in [-0.25, -0.2) is 4.39 Å². The maximum absolute atomic E-state index is 13.8. The van der Waals surface area contributed by atoms with E-state index < -0.39 is 0 Å². The second-order valence-electron chi connectivity index (χ2n) is 6.13. The van der Waals surface area contributed by atoms with Gasteiger partial charge in [0.1, 0.15) is 5.82 Å². The number of hydrogen-bond acceptors (Lipinski definition) is 2. The van der Waals surface area contributed by atoms with Crippen LogP contribution in [0.5, 0.6) is 0 Å². The van der Waals surface area contributed by atoms with Gasteiger partial charge in [0.05, 0.1) is 23.1 Å². The van der Waals surface area contributed by atoms with Gasteiger partial charge in [-0.3, -0.25) is 4.68 Å². The molecule has 0 aliphatic heterocycles. The standard InChI is InChI=1S/C17H22FN3/c1-10(2)21-12(4)17(11(3)20-21)19-16-9-8-13-14(16)6-5-7-15(13)18/h5-7,10,16,19H,8-9H2,1-4H3. The SMILES string of the molecule is Cc1nn(C(C)C)c(C)c1NC1CCc2c(F)cccc21. The molecule has 1 atom stereocenters. The van der Waals surface area contributed by atoms with Gasteiger partial charge in [0.15, 0.2) is 0 Å². The number of anilines is 1. The second-order valence-corrected chi connectivity index (χ2v) is 6.13. The van der Waals surface area contributed by atoms with Crippen LogP contribution in [0.2, 0.25) is 0 Å². The minimum absolute atomic E-state index is 0.0804. The predicted molar refractivity (Wildman–Crippen MR) is 83.2 cm³/mol. The van der Waals surface area contributed by atoms with Crippen LogP contribution in [-0.4, -0.2) is 9.78 Å². The zero-order valence-electron chi connectivity index (χ0n) is 13.1. The quantitative estimate of drug-likeness (QED) is 0.911. The van der Waals surface area contributed by atoms with Gasteiger partial charge in [-0.05, 0) is 57.7 Å². The molecule has 0 bridgehead atoms. The lowest BCUT2D eigenvalue weighted by Crippen LogP contribution is -2.09. The van der Waals surface area contributed by atoms with Crippen molar-refractivity contribution in [2.24, 2.45) is 0 Å². The number of aromatic nitrogens is 2. The Bertz CT molecular complexity index is 673. The Balaban J connectivity index is 1.92. The van der Waals surface area contributed by atoms with Gasteiger partial charge < -0.3 is 5.32 Å². The highest BCUT2D eigenvalue weighted by atomic mass is 19.1. The molecular weight excluding hydrogens is 265 g/mol. The van der Waals surface area contributed by atoms with Crippen molar-refractivity contribution in [2.75, 3.05) is 5.32 Å². The van der Waals surface area contributed by atoms with Crippen LogP contribution in [0.1, 0.15) is 54.9 Å². The molecule has 0 saturated carbocycles. The number of benzene rings is 1. The summed E-state index contributed by atoms with van der Waals surface area (Å²) >= 11 is 0. The molecule has 0 spiro atoms. The number of hydrogen-bond donors (Lipinski definition) is 1. The largest absolute Gasteiger partial charge is 0.375 e. The topological polar surface area (TPSA) is 29.9 Å². The molecule has 1 aliphatic rings. The maximum atomic E-state index is 13.8. The molecule has 0 amide bonds. The average Bonchev–Trinajstić information content (AvgIpc) is 2.96. The molecule has 1 aromatic heterocycles. The van der Waals surface area contributed by atoms with Gasteiger partial charge in [0.25, 0.3) is 0 Å². The first-order valence-corrected chi connectivity index (χ1v) is 7.58. The number of nitrogens with zero attached hydrogens (tertiary/aromatic N) is 2. The monoisotopic (exact) mass is 287 g/mol. The Morgan fingerprint density at radius 3 is 2.76 bits per heavy atom. The number of fused-ring (bicyclic) bond motifs is 1. The summed E-state index contributed by atoms with van der Waals surface area (Å²) in [6.07, 6.45) is 1.73. The van der Waals surface area contributed by atoms with E-state index in [9.17, 15) is 4.39 Å². The van der Waals surface area contributed by atoms with E-state index in [4.69, 9.17) is 0 Å². The Hall–Kier alpha value is -1.84. The molecule has 0 saturated heterocycles. The van der Waals surface area contributed by atoms with E-state index in [-0.39, 0.29) is 11.9 Å². The lowest BCUT2D eigenvalue weighted by molar-refractivity contribution is 0.516. The van der Waals surface area contributed by atoms with E-state index in [1.54, 1.807) is 12.1 Å². The van der Waals surface area contributed by atoms with Crippen LogP contribution in [0.4, 0.5) is 10.1 Å². The molecule has 1 unspecified atom stereocenters. The lowest BCUT2D eigenvalue weighted by atomic mass is 10.1. The molecule has 3 rings (SSSR count). The lowest BCUT2D eigenvalue weighted by Gasteiger charge is -2.16. The fourth-order valence-corrected chi connectivity index (χ4v) is 3.31. The van der Waals surface area contributed by atoms with Crippen molar-refractivity contribution in [3.8, 4) is 0 Å². The molecule has 3 nitrogen and oxygen atoms in total. The van der Waals surface area contributed by atoms with Crippen molar-refractivity contribution in [3.05, 3.63) is 46.5 Å². The highest BCUT2D eigenvalue weighted by Gasteiger charge is 2.26. The third kappa shape index (κ3) is 2.33. The van der Waals surface area contributed by atoms with Gasteiger partial charge in [-0.1, -0.05) is 12.1 Å². The van der Waals surface area contributed by atoms with Crippen LogP contribution in [-0.2, 0) is 6.42 Å². The first-order chi connectivity index (χ1) is 9.99. The average molecular weight is 287 g/mol. The molecule has 0 radical (unpaired) electrons. The number of nitrogens with one attached hydrogen (secondary N) is 1. The molecule has 21 heavy (non-hydrogen) atoms. The van der Waals surface area contributed by atoms with Gasteiger partial charge in [0, 0.05) is 6.04 Å². The third-order valence-electron chi connectivity index (χ3n) is 4.35. The van der Waals surface area contributed by atoms with E-state index in [0.29, 0.717) is 6.04 Å². The summed E-state index contributed by atoms with van der Waals surface area (Å²) < 4.78 is 15.9. The van der Waals surface area contributed by atoms with Crippen molar-refractivity contribution in [1.29, 1.82) is 0 Å². The normalized spacial score (nSPS) is 17.3. The van der Waals surface area contributed by atoms with E-state index in [1.807, 2.05) is 17.7 Å². The van der Waals surface area contributed by atoms with Crippen molar-refractivity contribution < 1.29 is 4.39 Å². The molecule has 1 heterocycles. The highest BCUT2D eigenvalue weighted by Crippen LogP contribution is 2.36. The summed E-state index contributed by atoms with van der Waals surface area (Å²) in [5.74, 6) is -0.0804. The van der Waals surface area contributed by atoms with Crippen molar-refractivity contribution in [1.82, 2.24) is 9.78 Å². The fourth-order valence-electron chi connectivity index (χ4n) is 3.31. The maximum Gasteiger partial charge on any atom is 0.126 e. The molecule has 4 heteroatoms. The van der Waals surface area contributed by atoms with Crippen LogP contribution >= 0.6 is 0 Å². The van der Waals surface area contributed by atoms with Crippen LogP contribution in [0, 0.1) is 19.7 Å². The Labute approximate surface area is 125 Å². The van der Waals surface area contributed by atoms with Gasteiger partial charge in [-0.2, -0.15) is 5.10 Å². The first kappa shape index (κ1) is 14.1. The zero-order chi connectivity index (χ0) is 15.1. The molecule has 2 aromatic rings. The van der Waals surface area contributed by atoms with Crippen LogP contribution in [0.25, 0.3) is 0 Å². The van der Waals surface area contributed by atoms with Crippen LogP contribution in [0.3, 0.4) is 0 Å². The third-order valence-corrected chi connectivity index (χ3v) is 4.35. The number of rotatable bonds is 3. The summed E-state index contributed by atoms with van der Waals surface area (Å²) in [6, 6.07) is 5.89. The second kappa shape index (κ2) is 5.17. The van der Waals surface area contributed by atoms with E-state index in [0.717, 1.165) is 41.0 Å². The van der Waals surface area contributed by atoms with Crippen LogP contribution in [0.15, 0.2) is 18.2 Å². The Morgan fingerprint density at radius 2 is 2.10 bits per heavy atom. The smallest absolute Gasteiger partial charge is 0.126 e. The van der Waals surface area contributed by atoms with Crippen molar-refractivity contribution in [2.45, 2.75) is 52.6 Å². The zero-order valence-corrected chi connectivity index (χ0v) is 13.1. The minimum Gasteiger partial charge on any atom is -0.375 e. The summed E-state index contributed by atoms with van der Waals surface area (Å²) in [7, 11) is 0. The van der Waals surface area contributed by atoms with E-state index in [1.165, 1.54) is 0 Å². The molecule has 0 fully saturated rings. The van der Waals surface area contributed by atoms with Crippen molar-refractivity contribution >= 4 is 5.69 Å². The van der Waals surface area contributed by atoms with E-state index >= 15 is 0 Å². The van der Waals surface area contributed by atoms with Crippen molar-refractivity contribution in [3.63, 3.8) is 0 Å². The molecule has 1 aromatic carbocycles. The molecular formula is C17H22FN3. The molecule has 1 aliphatic carbocycles. The summed E-state index contributed by atoms with van der Waals surface area (Å²) in [6.45, 7) is 8.37. The molecule has 112 valence electrons. The highest BCUT2D eigenvalue weighted by molar-refractivity contribution is 5.55. The Kier molecular flexibility index (Phi) is 3.47. The summed E-state index contributed by atoms with van der Waals surface area (Å²) in [4.78, 5) is 0. The number of halogens is 1. The molecule has 1 N–H and O–H groups in total. The van der Waals surface area contributed by atoms with E-state index in [2.05, 4.69) is 31.2 Å². The first-order valence-electron chi connectivity index (χ1n) is 7.58. The Morgan fingerprint density at radius 1 is 1.33 bits per heavy atom. The fraction of sp³-hybridized carbons (Fsp3) is 0.471. The van der Waals surface area contributed by atoms with Crippen LogP contribution < -0.4 is 5.32 Å². The van der Waals surface area contributed by atoms with Gasteiger partial charge in [-0.15, -0.1) is 0 Å². The van der Waals surface area contributed by atoms with Gasteiger partial charge >= 0.3 is 0 Å². The summed E-state index contributed by atoms with van der Waals surface area (Å²) in [5.41, 5.74) is 5.19. The summed E-state index contributed by atoms with van der Waals surface area (Å²) in [5, 5.41) is 8.19. The minimum atomic E-state index is -0.0804.